The van der Waals surface area contributed by atoms with E-state index in [1.54, 1.807) is 19.9 Å². The van der Waals surface area contributed by atoms with Gasteiger partial charge in [-0.05, 0) is 13.8 Å². The van der Waals surface area contributed by atoms with Crippen LogP contribution in [0.5, 0.6) is 0 Å². The van der Waals surface area contributed by atoms with Crippen molar-refractivity contribution in [2.24, 2.45) is 0 Å². The number of aromatic nitrogens is 1. The van der Waals surface area contributed by atoms with E-state index < -0.39 is 11.9 Å². The molecule has 0 fully saturated rings. The second kappa shape index (κ2) is 5.65. The molecule has 1 aromatic rings. The molecule has 0 radical (unpaired) electrons. The molecule has 1 aromatic heterocycles. The average Bonchev–Trinajstić information content (AvgIpc) is 2.60. The Morgan fingerprint density at radius 1 is 1.59 bits per heavy atom. The van der Waals surface area contributed by atoms with E-state index in [9.17, 15) is 9.59 Å². The maximum Gasteiger partial charge on any atom is 0.345 e. The zero-order valence-corrected chi connectivity index (χ0v) is 9.44. The first kappa shape index (κ1) is 12.7. The zero-order chi connectivity index (χ0) is 12.8. The minimum Gasteiger partial charge on any atom is -0.462 e. The van der Waals surface area contributed by atoms with Gasteiger partial charge in [-0.3, -0.25) is 10.1 Å². The Balaban J connectivity index is 2.90. The quantitative estimate of drug-likeness (QED) is 0.783. The van der Waals surface area contributed by atoms with E-state index in [-0.39, 0.29) is 24.5 Å². The van der Waals surface area contributed by atoms with Crippen LogP contribution < -0.4 is 5.32 Å². The van der Waals surface area contributed by atoms with Gasteiger partial charge < -0.3 is 9.26 Å². The second-order valence-corrected chi connectivity index (χ2v) is 3.08. The van der Waals surface area contributed by atoms with Gasteiger partial charge in [-0.25, -0.2) is 4.79 Å². The zero-order valence-electron chi connectivity index (χ0n) is 9.44. The molecule has 0 saturated carbocycles. The van der Waals surface area contributed by atoms with Crippen molar-refractivity contribution in [3.8, 4) is 6.07 Å². The summed E-state index contributed by atoms with van der Waals surface area (Å²) in [6.45, 7) is 3.42. The van der Waals surface area contributed by atoms with E-state index in [0.29, 0.717) is 5.69 Å². The molecule has 0 aromatic carbocycles. The first-order valence-electron chi connectivity index (χ1n) is 4.90. The van der Waals surface area contributed by atoms with Crippen LogP contribution in [-0.2, 0) is 9.53 Å². The number of anilines is 1. The van der Waals surface area contributed by atoms with Crippen molar-refractivity contribution in [2.75, 3.05) is 11.9 Å². The van der Waals surface area contributed by atoms with Crippen LogP contribution in [0, 0.1) is 18.3 Å². The van der Waals surface area contributed by atoms with Gasteiger partial charge in [0.25, 0.3) is 0 Å². The third kappa shape index (κ3) is 3.04. The molecule has 0 aliphatic carbocycles. The van der Waals surface area contributed by atoms with Crippen molar-refractivity contribution in [1.29, 1.82) is 5.26 Å². The monoisotopic (exact) mass is 237 g/mol. The third-order valence-electron chi connectivity index (χ3n) is 1.83. The molecular weight excluding hydrogens is 226 g/mol. The molecule has 17 heavy (non-hydrogen) atoms. The maximum atomic E-state index is 11.5. The number of nitrogens with zero attached hydrogens (tertiary/aromatic N) is 2. The number of carbonyl (C=O) groups excluding carboxylic acids is 2. The fourth-order valence-electron chi connectivity index (χ4n) is 1.14. The second-order valence-electron chi connectivity index (χ2n) is 3.08. The molecule has 0 spiro atoms. The maximum absolute atomic E-state index is 11.5. The lowest BCUT2D eigenvalue weighted by Gasteiger charge is -2.02. The highest BCUT2D eigenvalue weighted by molar-refractivity contribution is 6.00. The largest absolute Gasteiger partial charge is 0.462 e. The lowest BCUT2D eigenvalue weighted by atomic mass is 10.2. The number of nitrogens with one attached hydrogen (secondary N) is 1. The smallest absolute Gasteiger partial charge is 0.345 e. The summed E-state index contributed by atoms with van der Waals surface area (Å²) >= 11 is 0. The van der Waals surface area contributed by atoms with Gasteiger partial charge in [0.15, 0.2) is 0 Å². The van der Waals surface area contributed by atoms with Gasteiger partial charge >= 0.3 is 5.97 Å². The van der Waals surface area contributed by atoms with E-state index in [4.69, 9.17) is 14.5 Å². The van der Waals surface area contributed by atoms with Crippen LogP contribution in [0.15, 0.2) is 4.52 Å². The van der Waals surface area contributed by atoms with Crippen LogP contribution in [0.3, 0.4) is 0 Å². The number of esters is 1. The molecule has 0 bridgehead atoms. The lowest BCUT2D eigenvalue weighted by Crippen LogP contribution is -2.14. The number of aryl methyl sites for hydroxylation is 1. The topological polar surface area (TPSA) is 105 Å². The summed E-state index contributed by atoms with van der Waals surface area (Å²) in [4.78, 5) is 22.7. The molecule has 7 nitrogen and oxygen atoms in total. The molecule has 1 N–H and O–H groups in total. The van der Waals surface area contributed by atoms with Gasteiger partial charge in [0, 0.05) is 0 Å². The number of rotatable bonds is 4. The van der Waals surface area contributed by atoms with E-state index in [1.165, 1.54) is 0 Å². The van der Waals surface area contributed by atoms with Crippen molar-refractivity contribution in [3.63, 3.8) is 0 Å². The minimum atomic E-state index is -0.626. The third-order valence-corrected chi connectivity index (χ3v) is 1.83. The fourth-order valence-corrected chi connectivity index (χ4v) is 1.14. The highest BCUT2D eigenvalue weighted by Gasteiger charge is 2.22. The highest BCUT2D eigenvalue weighted by Crippen LogP contribution is 2.20. The number of hydrogen-bond donors (Lipinski definition) is 1. The Bertz CT molecular complexity index is 472. The van der Waals surface area contributed by atoms with Gasteiger partial charge in [0.1, 0.15) is 12.0 Å². The first-order chi connectivity index (χ1) is 8.10. The normalized spacial score (nSPS) is 9.47. The summed E-state index contributed by atoms with van der Waals surface area (Å²) in [6.07, 6.45) is -0.331. The highest BCUT2D eigenvalue weighted by atomic mass is 16.5. The van der Waals surface area contributed by atoms with Crippen molar-refractivity contribution in [2.45, 2.75) is 20.3 Å². The average molecular weight is 237 g/mol. The van der Waals surface area contributed by atoms with Crippen LogP contribution in [-0.4, -0.2) is 23.6 Å². The predicted molar refractivity (Wildman–Crippen MR) is 56.1 cm³/mol. The summed E-state index contributed by atoms with van der Waals surface area (Å²) < 4.78 is 9.58. The van der Waals surface area contributed by atoms with Crippen molar-refractivity contribution >= 4 is 17.8 Å². The predicted octanol–water partition coefficient (Wildman–Crippen LogP) is 1.01. The standard InChI is InChI=1S/C10H11N3O4/c1-3-16-10(15)8-6(2)13-17-9(8)12-7(14)4-5-11/h3-4H2,1-2H3,(H,12,14). The molecule has 0 aliphatic rings. The number of amides is 1. The van der Waals surface area contributed by atoms with Crippen LogP contribution in [0.4, 0.5) is 5.88 Å². The Morgan fingerprint density at radius 2 is 2.29 bits per heavy atom. The first-order valence-corrected chi connectivity index (χ1v) is 4.90. The lowest BCUT2D eigenvalue weighted by molar-refractivity contribution is -0.115. The summed E-state index contributed by atoms with van der Waals surface area (Å²) in [5, 5.41) is 14.2. The van der Waals surface area contributed by atoms with E-state index in [2.05, 4.69) is 10.5 Å². The van der Waals surface area contributed by atoms with Crippen molar-refractivity contribution in [3.05, 3.63) is 11.3 Å². The molecular formula is C10H11N3O4. The summed E-state index contributed by atoms with van der Waals surface area (Å²) in [5.74, 6) is -1.30. The minimum absolute atomic E-state index is 0.0677. The van der Waals surface area contributed by atoms with Gasteiger partial charge in [0.2, 0.25) is 11.8 Å². The fraction of sp³-hybridized carbons (Fsp3) is 0.400. The molecule has 0 saturated heterocycles. The van der Waals surface area contributed by atoms with Crippen molar-refractivity contribution < 1.29 is 18.8 Å². The molecule has 90 valence electrons. The number of ether oxygens (including phenoxy) is 1. The Morgan fingerprint density at radius 3 is 2.88 bits per heavy atom. The Kier molecular flexibility index (Phi) is 4.22. The Hall–Kier alpha value is -2.36. The summed E-state index contributed by atoms with van der Waals surface area (Å²) in [7, 11) is 0. The van der Waals surface area contributed by atoms with Crippen LogP contribution >= 0.6 is 0 Å². The van der Waals surface area contributed by atoms with Crippen LogP contribution in [0.2, 0.25) is 0 Å². The molecule has 1 heterocycles. The SMILES string of the molecule is CCOC(=O)c1c(C)noc1NC(=O)CC#N. The molecule has 1 rings (SSSR count). The van der Waals surface area contributed by atoms with Gasteiger partial charge in [-0.2, -0.15) is 5.26 Å². The van der Waals surface area contributed by atoms with Crippen LogP contribution in [0.1, 0.15) is 29.4 Å². The van der Waals surface area contributed by atoms with Gasteiger partial charge in [0.05, 0.1) is 18.4 Å². The summed E-state index contributed by atoms with van der Waals surface area (Å²) in [6, 6.07) is 1.68. The van der Waals surface area contributed by atoms with E-state index in [1.807, 2.05) is 0 Å². The molecule has 0 atom stereocenters. The van der Waals surface area contributed by atoms with Crippen molar-refractivity contribution in [1.82, 2.24) is 5.16 Å². The number of hydrogen-bond acceptors (Lipinski definition) is 6. The van der Waals surface area contributed by atoms with E-state index >= 15 is 0 Å². The number of carbonyl (C=O) groups is 2. The molecule has 7 heteroatoms. The Labute approximate surface area is 97.3 Å². The number of nitriles is 1. The van der Waals surface area contributed by atoms with Crippen LogP contribution in [0.25, 0.3) is 0 Å². The van der Waals surface area contributed by atoms with Gasteiger partial charge in [-0.15, -0.1) is 0 Å². The summed E-state index contributed by atoms with van der Waals surface area (Å²) in [5.41, 5.74) is 0.383. The van der Waals surface area contributed by atoms with E-state index in [0.717, 1.165) is 0 Å². The molecule has 0 aliphatic heterocycles. The molecule has 1 amide bonds. The molecule has 0 unspecified atom stereocenters. The van der Waals surface area contributed by atoms with Gasteiger partial charge in [-0.1, -0.05) is 5.16 Å².